The summed E-state index contributed by atoms with van der Waals surface area (Å²) in [6.07, 6.45) is 6.44. The maximum Gasteiger partial charge on any atom is 0.0674 e. The molecule has 1 saturated carbocycles. The molecule has 0 aromatic heterocycles. The molecule has 5 atom stereocenters. The number of hydrogen-bond donors (Lipinski definition) is 0. The number of hydrogen-bond acceptors (Lipinski definition) is 3. The fourth-order valence-electron chi connectivity index (χ4n) is 3.81. The summed E-state index contributed by atoms with van der Waals surface area (Å²) >= 11 is 0. The lowest BCUT2D eigenvalue weighted by atomic mass is 9.76. The molecule has 1 aliphatic carbocycles. The predicted octanol–water partition coefficient (Wildman–Crippen LogP) is 3.20. The molecule has 108 valence electrons. The summed E-state index contributed by atoms with van der Waals surface area (Å²) in [6.45, 7) is 8.46. The number of morpholine rings is 1. The van der Waals surface area contributed by atoms with Crippen LogP contribution < -0.4 is 0 Å². The van der Waals surface area contributed by atoms with Crippen molar-refractivity contribution in [3.05, 3.63) is 0 Å². The van der Waals surface area contributed by atoms with Gasteiger partial charge in [0.1, 0.15) is 0 Å². The number of rotatable bonds is 3. The smallest absolute Gasteiger partial charge is 0.0674 e. The molecule has 0 bridgehead atoms. The Labute approximate surface area is 117 Å². The molecule has 3 nitrogen and oxygen atoms in total. The number of nitriles is 1. The molecule has 0 spiro atoms. The Balaban J connectivity index is 2.06. The van der Waals surface area contributed by atoms with Gasteiger partial charge >= 0.3 is 0 Å². The minimum Gasteiger partial charge on any atom is -0.376 e. The lowest BCUT2D eigenvalue weighted by Crippen LogP contribution is -2.55. The van der Waals surface area contributed by atoms with Crippen molar-refractivity contribution in [2.45, 2.75) is 71.1 Å². The summed E-state index contributed by atoms with van der Waals surface area (Å²) in [7, 11) is 0. The van der Waals surface area contributed by atoms with Crippen molar-refractivity contribution in [2.75, 3.05) is 13.2 Å². The van der Waals surface area contributed by atoms with E-state index in [-0.39, 0.29) is 5.92 Å². The highest BCUT2D eigenvalue weighted by atomic mass is 16.5. The maximum absolute atomic E-state index is 9.45. The topological polar surface area (TPSA) is 36.3 Å². The Morgan fingerprint density at radius 3 is 2.79 bits per heavy atom. The average Bonchev–Trinajstić information content (AvgIpc) is 2.42. The molecule has 0 N–H and O–H groups in total. The summed E-state index contributed by atoms with van der Waals surface area (Å²) in [4.78, 5) is 2.56. The van der Waals surface area contributed by atoms with Gasteiger partial charge in [0.2, 0.25) is 0 Å². The van der Waals surface area contributed by atoms with Crippen LogP contribution >= 0.6 is 0 Å². The molecule has 1 aliphatic heterocycles. The van der Waals surface area contributed by atoms with Crippen LogP contribution in [-0.4, -0.2) is 36.2 Å². The quantitative estimate of drug-likeness (QED) is 0.785. The summed E-state index contributed by atoms with van der Waals surface area (Å²) in [5.41, 5.74) is 0. The summed E-state index contributed by atoms with van der Waals surface area (Å²) in [5.74, 6) is 1.05. The van der Waals surface area contributed by atoms with Gasteiger partial charge in [-0.25, -0.2) is 0 Å². The fourth-order valence-corrected chi connectivity index (χ4v) is 3.81. The monoisotopic (exact) mass is 264 g/mol. The van der Waals surface area contributed by atoms with Gasteiger partial charge in [-0.3, -0.25) is 4.90 Å². The first-order valence-corrected chi connectivity index (χ1v) is 7.92. The van der Waals surface area contributed by atoms with E-state index in [4.69, 9.17) is 4.74 Å². The van der Waals surface area contributed by atoms with Crippen molar-refractivity contribution in [2.24, 2.45) is 11.8 Å². The second-order valence-corrected chi connectivity index (χ2v) is 6.46. The second-order valence-electron chi connectivity index (χ2n) is 6.46. The first kappa shape index (κ1) is 14.8. The van der Waals surface area contributed by atoms with Crippen LogP contribution in [-0.2, 0) is 4.74 Å². The van der Waals surface area contributed by atoms with Crippen LogP contribution in [0.1, 0.15) is 52.9 Å². The van der Waals surface area contributed by atoms with Crippen LogP contribution in [0, 0.1) is 23.2 Å². The van der Waals surface area contributed by atoms with Gasteiger partial charge in [0.15, 0.2) is 0 Å². The van der Waals surface area contributed by atoms with Gasteiger partial charge < -0.3 is 4.74 Å². The first-order valence-electron chi connectivity index (χ1n) is 7.92. The summed E-state index contributed by atoms with van der Waals surface area (Å²) in [6, 6.07) is 3.48. The standard InChI is InChI=1S/C16H28N2O/c1-4-5-14-6-7-15(9-17)16(8-14)18-10-13(3)19-11-12(18)2/h12-16H,4-8,10-11H2,1-3H3. The van der Waals surface area contributed by atoms with E-state index in [1.54, 1.807) is 0 Å². The average molecular weight is 264 g/mol. The van der Waals surface area contributed by atoms with Crippen LogP contribution in [0.3, 0.4) is 0 Å². The third-order valence-electron chi connectivity index (χ3n) is 4.87. The van der Waals surface area contributed by atoms with E-state index in [1.165, 1.54) is 25.7 Å². The molecule has 1 saturated heterocycles. The Hall–Kier alpha value is -0.590. The third kappa shape index (κ3) is 3.49. The van der Waals surface area contributed by atoms with Crippen molar-refractivity contribution in [3.8, 4) is 6.07 Å². The van der Waals surface area contributed by atoms with E-state index >= 15 is 0 Å². The van der Waals surface area contributed by atoms with Gasteiger partial charge in [-0.15, -0.1) is 0 Å². The zero-order chi connectivity index (χ0) is 13.8. The lowest BCUT2D eigenvalue weighted by Gasteiger charge is -2.46. The third-order valence-corrected chi connectivity index (χ3v) is 4.87. The predicted molar refractivity (Wildman–Crippen MR) is 76.7 cm³/mol. The highest BCUT2D eigenvalue weighted by Gasteiger charge is 2.38. The summed E-state index contributed by atoms with van der Waals surface area (Å²) < 4.78 is 5.73. The van der Waals surface area contributed by atoms with Crippen molar-refractivity contribution in [1.82, 2.24) is 4.90 Å². The molecule has 1 heterocycles. The molecular weight excluding hydrogens is 236 g/mol. The van der Waals surface area contributed by atoms with Crippen LogP contribution in [0.15, 0.2) is 0 Å². The number of ether oxygens (including phenoxy) is 1. The molecule has 2 aliphatic rings. The molecule has 19 heavy (non-hydrogen) atoms. The van der Waals surface area contributed by atoms with E-state index in [0.717, 1.165) is 25.5 Å². The molecule has 2 fully saturated rings. The van der Waals surface area contributed by atoms with Crippen LogP contribution in [0.5, 0.6) is 0 Å². The minimum atomic E-state index is 0.223. The zero-order valence-electron chi connectivity index (χ0n) is 12.6. The molecular formula is C16H28N2O. The molecule has 0 aromatic rings. The molecule has 2 rings (SSSR count). The van der Waals surface area contributed by atoms with Crippen molar-refractivity contribution >= 4 is 0 Å². The van der Waals surface area contributed by atoms with Gasteiger partial charge in [-0.1, -0.05) is 19.8 Å². The Bertz CT molecular complexity index is 325. The SMILES string of the molecule is CCCC1CCC(C#N)C(N2CC(C)OCC2C)C1. The highest BCUT2D eigenvalue weighted by molar-refractivity contribution is 4.99. The van der Waals surface area contributed by atoms with Gasteiger partial charge in [0, 0.05) is 18.6 Å². The Morgan fingerprint density at radius 2 is 2.11 bits per heavy atom. The van der Waals surface area contributed by atoms with Gasteiger partial charge in [-0.2, -0.15) is 5.26 Å². The molecule has 0 amide bonds. The van der Waals surface area contributed by atoms with Crippen molar-refractivity contribution < 1.29 is 4.74 Å². The highest BCUT2D eigenvalue weighted by Crippen LogP contribution is 2.36. The van der Waals surface area contributed by atoms with Crippen LogP contribution in [0.25, 0.3) is 0 Å². The first-order chi connectivity index (χ1) is 9.15. The molecule has 5 unspecified atom stereocenters. The Morgan fingerprint density at radius 1 is 1.32 bits per heavy atom. The maximum atomic E-state index is 9.45. The fraction of sp³-hybridized carbons (Fsp3) is 0.938. The second kappa shape index (κ2) is 6.72. The lowest BCUT2D eigenvalue weighted by molar-refractivity contribution is -0.0805. The molecule has 0 radical (unpaired) electrons. The minimum absolute atomic E-state index is 0.223. The zero-order valence-corrected chi connectivity index (χ0v) is 12.6. The van der Waals surface area contributed by atoms with Gasteiger partial charge in [0.05, 0.1) is 24.7 Å². The van der Waals surface area contributed by atoms with E-state index < -0.39 is 0 Å². The van der Waals surface area contributed by atoms with Crippen LogP contribution in [0.4, 0.5) is 0 Å². The van der Waals surface area contributed by atoms with Gasteiger partial charge in [0.25, 0.3) is 0 Å². The normalized spacial score (nSPS) is 40.8. The van der Waals surface area contributed by atoms with E-state index in [2.05, 4.69) is 31.7 Å². The van der Waals surface area contributed by atoms with E-state index in [1.807, 2.05) is 0 Å². The Kier molecular flexibility index (Phi) is 5.24. The van der Waals surface area contributed by atoms with Crippen molar-refractivity contribution in [3.63, 3.8) is 0 Å². The van der Waals surface area contributed by atoms with Gasteiger partial charge in [-0.05, 0) is 39.0 Å². The van der Waals surface area contributed by atoms with E-state index in [9.17, 15) is 5.26 Å². The summed E-state index contributed by atoms with van der Waals surface area (Å²) in [5, 5.41) is 9.45. The van der Waals surface area contributed by atoms with Crippen LogP contribution in [0.2, 0.25) is 0 Å². The number of nitrogens with zero attached hydrogens (tertiary/aromatic N) is 2. The van der Waals surface area contributed by atoms with E-state index in [0.29, 0.717) is 18.2 Å². The van der Waals surface area contributed by atoms with Crippen molar-refractivity contribution in [1.29, 1.82) is 5.26 Å². The largest absolute Gasteiger partial charge is 0.376 e. The molecule has 3 heteroatoms. The molecule has 0 aromatic carbocycles.